The van der Waals surface area contributed by atoms with E-state index in [2.05, 4.69) is 4.74 Å². The topological polar surface area (TPSA) is 75.7 Å². The van der Waals surface area contributed by atoms with E-state index in [4.69, 9.17) is 15.9 Å². The molecule has 0 aromatic heterocycles. The molecule has 4 nitrogen and oxygen atoms in total. The molecule has 0 aliphatic heterocycles. The summed E-state index contributed by atoms with van der Waals surface area (Å²) in [4.78, 5) is 0. The second-order valence-electron chi connectivity index (χ2n) is 0.986. The fraction of sp³-hybridized carbons (Fsp3) is 1.00. The standard InChI is InChI=1S/C3H9NO3/c4-1-2-7-3(5)6/h3,5-6H,1-2,4H2. The van der Waals surface area contributed by atoms with Crippen LogP contribution in [0.4, 0.5) is 0 Å². The van der Waals surface area contributed by atoms with E-state index < -0.39 is 6.48 Å². The number of rotatable bonds is 3. The SMILES string of the molecule is NCCOC(O)O. The van der Waals surface area contributed by atoms with E-state index in [1.54, 1.807) is 0 Å². The number of hydrogen-bond donors (Lipinski definition) is 3. The van der Waals surface area contributed by atoms with Gasteiger partial charge in [-0.3, -0.25) is 0 Å². The van der Waals surface area contributed by atoms with Gasteiger partial charge in [0, 0.05) is 6.54 Å². The Labute approximate surface area is 41.5 Å². The molecule has 4 N–H and O–H groups in total. The third-order valence-electron chi connectivity index (χ3n) is 0.385. The quantitative estimate of drug-likeness (QED) is 0.373. The van der Waals surface area contributed by atoms with E-state index in [9.17, 15) is 0 Å². The van der Waals surface area contributed by atoms with E-state index in [0.717, 1.165) is 0 Å². The highest BCUT2D eigenvalue weighted by Crippen LogP contribution is 1.74. The summed E-state index contributed by atoms with van der Waals surface area (Å²) in [6, 6.07) is 0. The average Bonchev–Trinajstić information content (AvgIpc) is 1.61. The summed E-state index contributed by atoms with van der Waals surface area (Å²) in [5.41, 5.74) is 4.93. The van der Waals surface area contributed by atoms with Crippen LogP contribution in [-0.2, 0) is 4.74 Å². The Morgan fingerprint density at radius 2 is 2.14 bits per heavy atom. The number of nitrogens with two attached hydrogens (primary N) is 1. The van der Waals surface area contributed by atoms with Crippen LogP contribution in [0.1, 0.15) is 0 Å². The van der Waals surface area contributed by atoms with E-state index in [1.165, 1.54) is 0 Å². The smallest absolute Gasteiger partial charge is 0.266 e. The van der Waals surface area contributed by atoms with Crippen LogP contribution in [0.2, 0.25) is 0 Å². The Bertz CT molecular complexity index is 39.2. The van der Waals surface area contributed by atoms with Gasteiger partial charge in [-0.05, 0) is 0 Å². The lowest BCUT2D eigenvalue weighted by Gasteiger charge is -2.00. The van der Waals surface area contributed by atoms with Gasteiger partial charge in [0.05, 0.1) is 6.61 Å². The number of ether oxygens (including phenoxy) is 1. The molecule has 0 rings (SSSR count). The van der Waals surface area contributed by atoms with E-state index in [0.29, 0.717) is 6.54 Å². The first-order valence-electron chi connectivity index (χ1n) is 1.95. The van der Waals surface area contributed by atoms with Gasteiger partial charge in [-0.15, -0.1) is 0 Å². The van der Waals surface area contributed by atoms with Crippen LogP contribution in [-0.4, -0.2) is 29.8 Å². The van der Waals surface area contributed by atoms with Crippen molar-refractivity contribution in [2.75, 3.05) is 13.2 Å². The maximum Gasteiger partial charge on any atom is 0.266 e. The van der Waals surface area contributed by atoms with Crippen molar-refractivity contribution in [3.8, 4) is 0 Å². The lowest BCUT2D eigenvalue weighted by Crippen LogP contribution is -2.16. The zero-order chi connectivity index (χ0) is 5.70. The molecule has 0 aliphatic carbocycles. The van der Waals surface area contributed by atoms with Gasteiger partial charge in [0.15, 0.2) is 0 Å². The molecular formula is C3H9NO3. The molecule has 0 atom stereocenters. The van der Waals surface area contributed by atoms with Crippen molar-refractivity contribution in [1.82, 2.24) is 0 Å². The summed E-state index contributed by atoms with van der Waals surface area (Å²) in [5, 5.41) is 15.9. The Balaban J connectivity index is 2.68. The van der Waals surface area contributed by atoms with Gasteiger partial charge in [-0.1, -0.05) is 0 Å². The van der Waals surface area contributed by atoms with Gasteiger partial charge >= 0.3 is 0 Å². The Morgan fingerprint density at radius 1 is 1.57 bits per heavy atom. The molecule has 0 aromatic rings. The van der Waals surface area contributed by atoms with Crippen LogP contribution < -0.4 is 5.73 Å². The summed E-state index contributed by atoms with van der Waals surface area (Å²) in [6.45, 7) is -1.20. The Kier molecular flexibility index (Phi) is 3.92. The van der Waals surface area contributed by atoms with Crippen LogP contribution in [0.5, 0.6) is 0 Å². The van der Waals surface area contributed by atoms with Crippen LogP contribution in [0.25, 0.3) is 0 Å². The van der Waals surface area contributed by atoms with Crippen LogP contribution in [0.15, 0.2) is 0 Å². The molecule has 0 fully saturated rings. The first kappa shape index (κ1) is 6.84. The highest BCUT2D eigenvalue weighted by molar-refractivity contribution is 4.25. The second-order valence-corrected chi connectivity index (χ2v) is 0.986. The van der Waals surface area contributed by atoms with Crippen molar-refractivity contribution in [2.45, 2.75) is 6.48 Å². The highest BCUT2D eigenvalue weighted by Gasteiger charge is 1.90. The van der Waals surface area contributed by atoms with Crippen molar-refractivity contribution in [3.63, 3.8) is 0 Å². The van der Waals surface area contributed by atoms with Crippen molar-refractivity contribution in [3.05, 3.63) is 0 Å². The van der Waals surface area contributed by atoms with Crippen LogP contribution in [0.3, 0.4) is 0 Å². The molecule has 0 aromatic carbocycles. The fourth-order valence-electron chi connectivity index (χ4n) is 0.173. The molecule has 0 amide bonds. The van der Waals surface area contributed by atoms with Gasteiger partial charge < -0.3 is 20.7 Å². The molecule has 0 radical (unpaired) electrons. The predicted molar refractivity (Wildman–Crippen MR) is 23.2 cm³/mol. The zero-order valence-electron chi connectivity index (χ0n) is 3.87. The minimum absolute atomic E-state index is 0.178. The molecule has 0 saturated carbocycles. The minimum Gasteiger partial charge on any atom is -0.346 e. The number of aliphatic hydroxyl groups is 2. The van der Waals surface area contributed by atoms with Crippen molar-refractivity contribution in [1.29, 1.82) is 0 Å². The molecule has 7 heavy (non-hydrogen) atoms. The maximum atomic E-state index is 7.96. The molecule has 0 spiro atoms. The molecule has 4 heteroatoms. The molecule has 0 bridgehead atoms. The van der Waals surface area contributed by atoms with Crippen LogP contribution in [0, 0.1) is 0 Å². The number of hydrogen-bond acceptors (Lipinski definition) is 4. The summed E-state index contributed by atoms with van der Waals surface area (Å²) in [7, 11) is 0. The zero-order valence-corrected chi connectivity index (χ0v) is 3.87. The molecular weight excluding hydrogens is 98.0 g/mol. The first-order chi connectivity index (χ1) is 3.27. The lowest BCUT2D eigenvalue weighted by atomic mass is 10.7. The summed E-state index contributed by atoms with van der Waals surface area (Å²) in [6.07, 6.45) is 0. The minimum atomic E-state index is -1.68. The third-order valence-corrected chi connectivity index (χ3v) is 0.385. The highest BCUT2D eigenvalue weighted by atomic mass is 16.7. The number of aliphatic hydroxyl groups excluding tert-OH is 1. The summed E-state index contributed by atoms with van der Waals surface area (Å²) >= 11 is 0. The van der Waals surface area contributed by atoms with Gasteiger partial charge in [0.2, 0.25) is 0 Å². The Hall–Kier alpha value is -0.160. The molecule has 0 heterocycles. The van der Waals surface area contributed by atoms with Crippen LogP contribution >= 0.6 is 0 Å². The molecule has 0 saturated heterocycles. The van der Waals surface area contributed by atoms with E-state index in [1.807, 2.05) is 0 Å². The Morgan fingerprint density at radius 3 is 2.29 bits per heavy atom. The molecule has 0 aliphatic rings. The van der Waals surface area contributed by atoms with Gasteiger partial charge in [0.1, 0.15) is 0 Å². The van der Waals surface area contributed by atoms with E-state index in [-0.39, 0.29) is 6.61 Å². The normalized spacial score (nSPS) is 10.3. The largest absolute Gasteiger partial charge is 0.346 e. The summed E-state index contributed by atoms with van der Waals surface area (Å²) < 4.78 is 4.18. The van der Waals surface area contributed by atoms with Crippen molar-refractivity contribution < 1.29 is 14.9 Å². The third kappa shape index (κ3) is 5.84. The van der Waals surface area contributed by atoms with Gasteiger partial charge in [-0.25, -0.2) is 0 Å². The lowest BCUT2D eigenvalue weighted by molar-refractivity contribution is -0.232. The maximum absolute atomic E-state index is 7.96. The van der Waals surface area contributed by atoms with E-state index >= 15 is 0 Å². The van der Waals surface area contributed by atoms with Gasteiger partial charge in [0.25, 0.3) is 6.48 Å². The molecule has 44 valence electrons. The molecule has 0 unspecified atom stereocenters. The van der Waals surface area contributed by atoms with Crippen molar-refractivity contribution in [2.24, 2.45) is 5.73 Å². The fourth-order valence-corrected chi connectivity index (χ4v) is 0.173. The predicted octanol–water partition coefficient (Wildman–Crippen LogP) is -1.77. The first-order valence-corrected chi connectivity index (χ1v) is 1.95. The summed E-state index contributed by atoms with van der Waals surface area (Å²) in [5.74, 6) is 0. The second kappa shape index (κ2) is 4.01. The van der Waals surface area contributed by atoms with Gasteiger partial charge in [-0.2, -0.15) is 0 Å². The van der Waals surface area contributed by atoms with Crippen molar-refractivity contribution >= 4 is 0 Å². The average molecular weight is 107 g/mol. The monoisotopic (exact) mass is 107 g/mol.